The molecule has 0 bridgehead atoms. The van der Waals surface area contributed by atoms with Crippen LogP contribution in [0.5, 0.6) is 0 Å². The second-order valence-electron chi connectivity index (χ2n) is 7.48. The zero-order valence-corrected chi connectivity index (χ0v) is 16.2. The topological polar surface area (TPSA) is 55.6 Å². The molecule has 1 fully saturated rings. The molecule has 5 nitrogen and oxygen atoms in total. The monoisotopic (exact) mass is 361 g/mol. The molecule has 1 heterocycles. The minimum atomic E-state index is -0.174. The van der Waals surface area contributed by atoms with Crippen LogP contribution in [0.4, 0.5) is 0 Å². The molecule has 1 aliphatic carbocycles. The van der Waals surface area contributed by atoms with Crippen LogP contribution in [0, 0.1) is 6.92 Å². The SMILES string of the molecule is CCc1cccc(C)c1-n1nnnc1C1(NCc2ccccc2)CCCC1. The lowest BCUT2D eigenvalue weighted by Gasteiger charge is -2.30. The van der Waals surface area contributed by atoms with Crippen molar-refractivity contribution in [1.29, 1.82) is 0 Å². The highest BCUT2D eigenvalue weighted by Crippen LogP contribution is 2.39. The lowest BCUT2D eigenvalue weighted by molar-refractivity contribution is 0.312. The van der Waals surface area contributed by atoms with Gasteiger partial charge in [0.2, 0.25) is 0 Å². The highest BCUT2D eigenvalue weighted by atomic mass is 15.6. The minimum absolute atomic E-state index is 0.174. The van der Waals surface area contributed by atoms with E-state index in [-0.39, 0.29) is 5.54 Å². The van der Waals surface area contributed by atoms with Gasteiger partial charge < -0.3 is 5.32 Å². The van der Waals surface area contributed by atoms with Crippen molar-refractivity contribution in [1.82, 2.24) is 25.5 Å². The molecule has 0 radical (unpaired) electrons. The van der Waals surface area contributed by atoms with Gasteiger partial charge in [-0.1, -0.05) is 68.3 Å². The molecule has 3 aromatic rings. The molecule has 27 heavy (non-hydrogen) atoms. The highest BCUT2D eigenvalue weighted by Gasteiger charge is 2.40. The van der Waals surface area contributed by atoms with Crippen LogP contribution < -0.4 is 5.32 Å². The molecule has 0 amide bonds. The Bertz CT molecular complexity index is 894. The molecule has 1 N–H and O–H groups in total. The third-order valence-electron chi connectivity index (χ3n) is 5.74. The summed E-state index contributed by atoms with van der Waals surface area (Å²) in [6, 6.07) is 17.0. The number of benzene rings is 2. The molecule has 140 valence electrons. The molecule has 4 rings (SSSR count). The van der Waals surface area contributed by atoms with Crippen LogP contribution >= 0.6 is 0 Å². The largest absolute Gasteiger partial charge is 0.301 e. The summed E-state index contributed by atoms with van der Waals surface area (Å²) >= 11 is 0. The molecule has 1 saturated carbocycles. The fraction of sp³-hybridized carbons (Fsp3) is 0.409. The van der Waals surface area contributed by atoms with E-state index in [1.807, 2.05) is 4.68 Å². The van der Waals surface area contributed by atoms with Crippen molar-refractivity contribution in [3.63, 3.8) is 0 Å². The van der Waals surface area contributed by atoms with Crippen LogP contribution in [-0.4, -0.2) is 20.2 Å². The predicted molar refractivity (Wildman–Crippen MR) is 107 cm³/mol. The number of aromatic nitrogens is 4. The first-order valence-corrected chi connectivity index (χ1v) is 9.90. The van der Waals surface area contributed by atoms with Gasteiger partial charge >= 0.3 is 0 Å². The van der Waals surface area contributed by atoms with Crippen molar-refractivity contribution in [3.8, 4) is 5.69 Å². The molecule has 0 unspecified atom stereocenters. The van der Waals surface area contributed by atoms with Crippen LogP contribution in [0.25, 0.3) is 5.69 Å². The average Bonchev–Trinajstić information content (AvgIpc) is 3.37. The Balaban J connectivity index is 1.73. The van der Waals surface area contributed by atoms with Gasteiger partial charge in [-0.05, 0) is 53.3 Å². The number of rotatable bonds is 6. The van der Waals surface area contributed by atoms with Gasteiger partial charge in [-0.2, -0.15) is 4.68 Å². The summed E-state index contributed by atoms with van der Waals surface area (Å²) < 4.78 is 1.98. The van der Waals surface area contributed by atoms with Crippen molar-refractivity contribution in [2.45, 2.75) is 58.0 Å². The summed E-state index contributed by atoms with van der Waals surface area (Å²) in [6.07, 6.45) is 5.48. The number of hydrogen-bond acceptors (Lipinski definition) is 4. The van der Waals surface area contributed by atoms with E-state index in [0.29, 0.717) is 0 Å². The van der Waals surface area contributed by atoms with Crippen molar-refractivity contribution in [3.05, 3.63) is 71.0 Å². The summed E-state index contributed by atoms with van der Waals surface area (Å²) in [4.78, 5) is 0. The molecule has 2 aromatic carbocycles. The molecule has 1 aromatic heterocycles. The van der Waals surface area contributed by atoms with E-state index in [9.17, 15) is 0 Å². The maximum Gasteiger partial charge on any atom is 0.176 e. The van der Waals surface area contributed by atoms with Crippen LogP contribution in [0.2, 0.25) is 0 Å². The van der Waals surface area contributed by atoms with E-state index in [2.05, 4.69) is 83.2 Å². The maximum atomic E-state index is 4.51. The van der Waals surface area contributed by atoms with Gasteiger partial charge in [0.25, 0.3) is 0 Å². The van der Waals surface area contributed by atoms with Crippen molar-refractivity contribution >= 4 is 0 Å². The van der Waals surface area contributed by atoms with Gasteiger partial charge in [0, 0.05) is 6.54 Å². The number of para-hydroxylation sites is 1. The quantitative estimate of drug-likeness (QED) is 0.718. The lowest BCUT2D eigenvalue weighted by atomic mass is 9.95. The molecule has 0 spiro atoms. The molecule has 5 heteroatoms. The molecular formula is C22H27N5. The number of hydrogen-bond donors (Lipinski definition) is 1. The van der Waals surface area contributed by atoms with Gasteiger partial charge in [0.05, 0.1) is 11.2 Å². The molecular weight excluding hydrogens is 334 g/mol. The maximum absolute atomic E-state index is 4.51. The molecule has 0 atom stereocenters. The van der Waals surface area contributed by atoms with Crippen LogP contribution in [-0.2, 0) is 18.5 Å². The second kappa shape index (κ2) is 7.61. The van der Waals surface area contributed by atoms with Crippen molar-refractivity contribution < 1.29 is 0 Å². The highest BCUT2D eigenvalue weighted by molar-refractivity contribution is 5.48. The van der Waals surface area contributed by atoms with Crippen LogP contribution in [0.1, 0.15) is 55.1 Å². The number of nitrogens with one attached hydrogen (secondary N) is 1. The van der Waals surface area contributed by atoms with E-state index in [0.717, 1.165) is 37.3 Å². The fourth-order valence-corrected chi connectivity index (χ4v) is 4.27. The normalized spacial score (nSPS) is 15.9. The van der Waals surface area contributed by atoms with Gasteiger partial charge in [0.15, 0.2) is 5.82 Å². The van der Waals surface area contributed by atoms with Gasteiger partial charge in [-0.3, -0.25) is 0 Å². The molecule has 0 aliphatic heterocycles. The minimum Gasteiger partial charge on any atom is -0.301 e. The van der Waals surface area contributed by atoms with Crippen molar-refractivity contribution in [2.24, 2.45) is 0 Å². The predicted octanol–water partition coefficient (Wildman–Crippen LogP) is 4.09. The first kappa shape index (κ1) is 17.9. The fourth-order valence-electron chi connectivity index (χ4n) is 4.27. The van der Waals surface area contributed by atoms with E-state index in [4.69, 9.17) is 0 Å². The molecule has 1 aliphatic rings. The number of nitrogens with zero attached hydrogens (tertiary/aromatic N) is 4. The Kier molecular flexibility index (Phi) is 5.03. The summed E-state index contributed by atoms with van der Waals surface area (Å²) in [5.74, 6) is 0.944. The second-order valence-corrected chi connectivity index (χ2v) is 7.48. The van der Waals surface area contributed by atoms with Crippen molar-refractivity contribution in [2.75, 3.05) is 0 Å². The van der Waals surface area contributed by atoms with E-state index in [1.54, 1.807) is 0 Å². The smallest absolute Gasteiger partial charge is 0.176 e. The van der Waals surface area contributed by atoms with Gasteiger partial charge in [0.1, 0.15) is 0 Å². The number of aryl methyl sites for hydroxylation is 2. The summed E-state index contributed by atoms with van der Waals surface area (Å²) in [5.41, 5.74) is 4.73. The standard InChI is InChI=1S/C22H27N5/c1-3-19-13-9-10-17(2)20(19)27-21(24-25-26-27)22(14-7-8-15-22)23-16-18-11-5-4-6-12-18/h4-6,9-13,23H,3,7-8,14-16H2,1-2H3. The Morgan fingerprint density at radius 1 is 1.04 bits per heavy atom. The Hall–Kier alpha value is -2.53. The zero-order chi connectivity index (χ0) is 18.7. The third kappa shape index (κ3) is 3.39. The average molecular weight is 361 g/mol. The number of tetrazole rings is 1. The van der Waals surface area contributed by atoms with E-state index >= 15 is 0 Å². The van der Waals surface area contributed by atoms with Gasteiger partial charge in [-0.25, -0.2) is 0 Å². The van der Waals surface area contributed by atoms with E-state index < -0.39 is 0 Å². The summed E-state index contributed by atoms with van der Waals surface area (Å²) in [6.45, 7) is 5.14. The first-order valence-electron chi connectivity index (χ1n) is 9.90. The third-order valence-corrected chi connectivity index (χ3v) is 5.74. The lowest BCUT2D eigenvalue weighted by Crippen LogP contribution is -2.42. The van der Waals surface area contributed by atoms with Crippen LogP contribution in [0.3, 0.4) is 0 Å². The Morgan fingerprint density at radius 3 is 2.56 bits per heavy atom. The van der Waals surface area contributed by atoms with E-state index in [1.165, 1.54) is 29.5 Å². The summed E-state index contributed by atoms with van der Waals surface area (Å²) in [7, 11) is 0. The zero-order valence-electron chi connectivity index (χ0n) is 16.2. The summed E-state index contributed by atoms with van der Waals surface area (Å²) in [5, 5.41) is 16.8. The first-order chi connectivity index (χ1) is 13.2. The van der Waals surface area contributed by atoms with Gasteiger partial charge in [-0.15, -0.1) is 5.10 Å². The van der Waals surface area contributed by atoms with Crippen LogP contribution in [0.15, 0.2) is 48.5 Å². The Labute approximate surface area is 160 Å². The molecule has 0 saturated heterocycles. The Morgan fingerprint density at radius 2 is 1.81 bits per heavy atom.